The van der Waals surface area contributed by atoms with Crippen LogP contribution in [0.5, 0.6) is 0 Å². The van der Waals surface area contributed by atoms with E-state index < -0.39 is 11.2 Å². The standard InChI is InChI=1S/C11H24O2/c1-9(2,3)7-8-11(12,13)10(4,5)6/h12-13H,7-8H2,1-6H3. The van der Waals surface area contributed by atoms with Crippen molar-refractivity contribution in [1.82, 2.24) is 0 Å². The number of hydrogen-bond acceptors (Lipinski definition) is 2. The summed E-state index contributed by atoms with van der Waals surface area (Å²) in [6.45, 7) is 11.8. The van der Waals surface area contributed by atoms with Crippen LogP contribution < -0.4 is 0 Å². The average Bonchev–Trinajstić information content (AvgIpc) is 1.79. The van der Waals surface area contributed by atoms with Gasteiger partial charge in [-0.25, -0.2) is 0 Å². The molecule has 0 saturated heterocycles. The van der Waals surface area contributed by atoms with Gasteiger partial charge in [-0.15, -0.1) is 0 Å². The lowest BCUT2D eigenvalue weighted by molar-refractivity contribution is -0.234. The van der Waals surface area contributed by atoms with Gasteiger partial charge >= 0.3 is 0 Å². The van der Waals surface area contributed by atoms with E-state index in [1.54, 1.807) is 0 Å². The molecule has 2 N–H and O–H groups in total. The van der Waals surface area contributed by atoms with Gasteiger partial charge in [-0.1, -0.05) is 41.5 Å². The Labute approximate surface area is 82.0 Å². The summed E-state index contributed by atoms with van der Waals surface area (Å²) < 4.78 is 0. The first-order valence-corrected chi connectivity index (χ1v) is 4.90. The highest BCUT2D eigenvalue weighted by Crippen LogP contribution is 2.35. The van der Waals surface area contributed by atoms with Crippen LogP contribution in [0.25, 0.3) is 0 Å². The van der Waals surface area contributed by atoms with Crippen LogP contribution in [0, 0.1) is 10.8 Å². The minimum atomic E-state index is -1.56. The van der Waals surface area contributed by atoms with Gasteiger partial charge in [0.05, 0.1) is 0 Å². The van der Waals surface area contributed by atoms with Crippen molar-refractivity contribution < 1.29 is 10.2 Å². The Morgan fingerprint density at radius 1 is 0.769 bits per heavy atom. The molecule has 0 aromatic carbocycles. The Hall–Kier alpha value is -0.0800. The predicted octanol–water partition coefficient (Wildman–Crippen LogP) is 2.54. The SMILES string of the molecule is CC(C)(C)CCC(O)(O)C(C)(C)C. The second kappa shape index (κ2) is 3.58. The summed E-state index contributed by atoms with van der Waals surface area (Å²) in [7, 11) is 0. The molecule has 0 aromatic rings. The van der Waals surface area contributed by atoms with Crippen molar-refractivity contribution in [3.05, 3.63) is 0 Å². The van der Waals surface area contributed by atoms with Crippen LogP contribution >= 0.6 is 0 Å². The van der Waals surface area contributed by atoms with E-state index in [1.165, 1.54) is 0 Å². The molecule has 80 valence electrons. The lowest BCUT2D eigenvalue weighted by Gasteiger charge is -2.37. The Morgan fingerprint density at radius 2 is 1.15 bits per heavy atom. The Bertz CT molecular complexity index is 158. The second-order valence-electron chi connectivity index (χ2n) is 6.13. The fourth-order valence-corrected chi connectivity index (χ4v) is 0.924. The zero-order valence-electron chi connectivity index (χ0n) is 9.81. The molecular weight excluding hydrogens is 164 g/mol. The van der Waals surface area contributed by atoms with Gasteiger partial charge < -0.3 is 10.2 Å². The molecule has 0 fully saturated rings. The molecule has 0 aliphatic rings. The molecule has 0 aromatic heterocycles. The second-order valence-corrected chi connectivity index (χ2v) is 6.13. The van der Waals surface area contributed by atoms with Gasteiger partial charge in [-0.3, -0.25) is 0 Å². The number of aliphatic hydroxyl groups is 2. The normalized spacial score (nSPS) is 14.8. The van der Waals surface area contributed by atoms with Crippen LogP contribution in [0.1, 0.15) is 54.4 Å². The maximum Gasteiger partial charge on any atom is 0.167 e. The van der Waals surface area contributed by atoms with E-state index in [4.69, 9.17) is 0 Å². The highest BCUT2D eigenvalue weighted by atomic mass is 16.5. The van der Waals surface area contributed by atoms with Gasteiger partial charge in [0, 0.05) is 11.8 Å². The average molecular weight is 188 g/mol. The minimum Gasteiger partial charge on any atom is -0.365 e. The van der Waals surface area contributed by atoms with Crippen molar-refractivity contribution in [3.8, 4) is 0 Å². The summed E-state index contributed by atoms with van der Waals surface area (Å²) in [5, 5.41) is 19.5. The third-order valence-electron chi connectivity index (χ3n) is 2.42. The molecule has 0 heterocycles. The van der Waals surface area contributed by atoms with Crippen molar-refractivity contribution in [2.45, 2.75) is 60.2 Å². The lowest BCUT2D eigenvalue weighted by atomic mass is 9.79. The molecule has 0 aliphatic heterocycles. The van der Waals surface area contributed by atoms with Crippen molar-refractivity contribution >= 4 is 0 Å². The fraction of sp³-hybridized carbons (Fsp3) is 1.00. The van der Waals surface area contributed by atoms with Gasteiger partial charge in [0.2, 0.25) is 0 Å². The molecule has 0 rings (SSSR count). The van der Waals surface area contributed by atoms with E-state index in [0.29, 0.717) is 6.42 Å². The molecule has 0 radical (unpaired) electrons. The number of rotatable bonds is 2. The molecule has 13 heavy (non-hydrogen) atoms. The highest BCUT2D eigenvalue weighted by molar-refractivity contribution is 4.81. The molecule has 0 bridgehead atoms. The van der Waals surface area contributed by atoms with Crippen molar-refractivity contribution in [2.24, 2.45) is 10.8 Å². The van der Waals surface area contributed by atoms with Gasteiger partial charge in [0.25, 0.3) is 0 Å². The highest BCUT2D eigenvalue weighted by Gasteiger charge is 2.38. The van der Waals surface area contributed by atoms with Gasteiger partial charge in [-0.2, -0.15) is 0 Å². The molecule has 0 amide bonds. The zero-order valence-corrected chi connectivity index (χ0v) is 9.81. The van der Waals surface area contributed by atoms with E-state index in [9.17, 15) is 10.2 Å². The number of hydrogen-bond donors (Lipinski definition) is 2. The molecular formula is C11H24O2. The smallest absolute Gasteiger partial charge is 0.167 e. The Kier molecular flexibility index (Phi) is 3.56. The van der Waals surface area contributed by atoms with Crippen LogP contribution in [0.15, 0.2) is 0 Å². The molecule has 0 saturated carbocycles. The summed E-state index contributed by atoms with van der Waals surface area (Å²) in [5.74, 6) is -1.56. The molecule has 0 atom stereocenters. The third-order valence-corrected chi connectivity index (χ3v) is 2.42. The van der Waals surface area contributed by atoms with Crippen molar-refractivity contribution in [1.29, 1.82) is 0 Å². The monoisotopic (exact) mass is 188 g/mol. The summed E-state index contributed by atoms with van der Waals surface area (Å²) in [4.78, 5) is 0. The van der Waals surface area contributed by atoms with Gasteiger partial charge in [-0.05, 0) is 11.8 Å². The molecule has 2 nitrogen and oxygen atoms in total. The third kappa shape index (κ3) is 4.63. The first kappa shape index (κ1) is 12.9. The summed E-state index contributed by atoms with van der Waals surface area (Å²) in [6, 6.07) is 0. The molecule has 0 spiro atoms. The van der Waals surface area contributed by atoms with Crippen LogP contribution in [0.4, 0.5) is 0 Å². The van der Waals surface area contributed by atoms with Crippen LogP contribution in [0.3, 0.4) is 0 Å². The van der Waals surface area contributed by atoms with Crippen molar-refractivity contribution in [2.75, 3.05) is 0 Å². The minimum absolute atomic E-state index is 0.155. The quantitative estimate of drug-likeness (QED) is 0.654. The van der Waals surface area contributed by atoms with Gasteiger partial charge in [0.1, 0.15) is 0 Å². The zero-order chi connectivity index (χ0) is 10.9. The van der Waals surface area contributed by atoms with E-state index in [-0.39, 0.29) is 5.41 Å². The predicted molar refractivity (Wildman–Crippen MR) is 55.3 cm³/mol. The topological polar surface area (TPSA) is 40.5 Å². The van der Waals surface area contributed by atoms with Crippen LogP contribution in [-0.4, -0.2) is 16.0 Å². The molecule has 0 unspecified atom stereocenters. The summed E-state index contributed by atoms with van der Waals surface area (Å²) in [5.41, 5.74) is -0.319. The molecule has 0 aliphatic carbocycles. The largest absolute Gasteiger partial charge is 0.365 e. The maximum atomic E-state index is 9.77. The van der Waals surface area contributed by atoms with E-state index in [1.807, 2.05) is 20.8 Å². The summed E-state index contributed by atoms with van der Waals surface area (Å²) >= 11 is 0. The maximum absolute atomic E-state index is 9.77. The van der Waals surface area contributed by atoms with Crippen molar-refractivity contribution in [3.63, 3.8) is 0 Å². The Balaban J connectivity index is 4.21. The van der Waals surface area contributed by atoms with Crippen LogP contribution in [0.2, 0.25) is 0 Å². The summed E-state index contributed by atoms with van der Waals surface area (Å²) in [6.07, 6.45) is 1.25. The van der Waals surface area contributed by atoms with E-state index in [2.05, 4.69) is 20.8 Å². The molecule has 2 heteroatoms. The first-order chi connectivity index (χ1) is 5.46. The van der Waals surface area contributed by atoms with E-state index >= 15 is 0 Å². The Morgan fingerprint density at radius 3 is 1.38 bits per heavy atom. The van der Waals surface area contributed by atoms with Gasteiger partial charge in [0.15, 0.2) is 5.79 Å². The van der Waals surface area contributed by atoms with E-state index in [0.717, 1.165) is 6.42 Å². The lowest BCUT2D eigenvalue weighted by Crippen LogP contribution is -2.43. The first-order valence-electron chi connectivity index (χ1n) is 4.90. The van der Waals surface area contributed by atoms with Crippen LogP contribution in [-0.2, 0) is 0 Å². The fourth-order valence-electron chi connectivity index (χ4n) is 0.924.